The molecule has 5 nitrogen and oxygen atoms in total. The van der Waals surface area contributed by atoms with Crippen LogP contribution in [0.5, 0.6) is 0 Å². The number of nitrogens with zero attached hydrogens (tertiary/aromatic N) is 1. The number of amides is 1. The second kappa shape index (κ2) is 6.58. The van der Waals surface area contributed by atoms with Crippen molar-refractivity contribution in [2.75, 3.05) is 0 Å². The van der Waals surface area contributed by atoms with E-state index in [0.29, 0.717) is 11.0 Å². The van der Waals surface area contributed by atoms with Crippen LogP contribution in [0.2, 0.25) is 0 Å². The largest absolute Gasteiger partial charge is 0.422 e. The molecule has 0 aliphatic carbocycles. The molecule has 0 fully saturated rings. The van der Waals surface area contributed by atoms with Gasteiger partial charge in [0, 0.05) is 9.86 Å². The van der Waals surface area contributed by atoms with E-state index in [0.717, 1.165) is 10.0 Å². The molecule has 3 aromatic rings. The van der Waals surface area contributed by atoms with Crippen molar-refractivity contribution in [3.8, 4) is 0 Å². The van der Waals surface area contributed by atoms with E-state index < -0.39 is 11.5 Å². The monoisotopic (exact) mass is 370 g/mol. The first-order valence-corrected chi connectivity index (χ1v) is 7.55. The Labute approximate surface area is 139 Å². The van der Waals surface area contributed by atoms with Gasteiger partial charge in [-0.15, -0.1) is 0 Å². The van der Waals surface area contributed by atoms with Crippen LogP contribution >= 0.6 is 15.9 Å². The number of rotatable bonds is 3. The number of benzene rings is 2. The molecule has 2 aromatic carbocycles. The number of carbonyl (C=O) groups excluding carboxylic acids is 1. The second-order valence-corrected chi connectivity index (χ2v) is 5.66. The summed E-state index contributed by atoms with van der Waals surface area (Å²) in [5.41, 5.74) is 2.79. The third-order valence-corrected chi connectivity index (χ3v) is 3.61. The van der Waals surface area contributed by atoms with Crippen LogP contribution < -0.4 is 11.1 Å². The maximum Gasteiger partial charge on any atom is 0.349 e. The lowest BCUT2D eigenvalue weighted by Crippen LogP contribution is -2.24. The van der Waals surface area contributed by atoms with Crippen LogP contribution in [0.4, 0.5) is 0 Å². The van der Waals surface area contributed by atoms with Gasteiger partial charge in [-0.05, 0) is 29.8 Å². The first-order chi connectivity index (χ1) is 11.1. The van der Waals surface area contributed by atoms with E-state index in [4.69, 9.17) is 4.42 Å². The molecule has 23 heavy (non-hydrogen) atoms. The van der Waals surface area contributed by atoms with Crippen molar-refractivity contribution in [2.24, 2.45) is 5.10 Å². The third-order valence-electron chi connectivity index (χ3n) is 3.11. The van der Waals surface area contributed by atoms with Gasteiger partial charge in [-0.1, -0.05) is 46.3 Å². The van der Waals surface area contributed by atoms with Gasteiger partial charge in [0.2, 0.25) is 0 Å². The Morgan fingerprint density at radius 2 is 1.96 bits per heavy atom. The van der Waals surface area contributed by atoms with E-state index in [1.165, 1.54) is 12.3 Å². The quantitative estimate of drug-likeness (QED) is 0.436. The predicted octanol–water partition coefficient (Wildman–Crippen LogP) is 3.32. The van der Waals surface area contributed by atoms with Crippen molar-refractivity contribution in [2.45, 2.75) is 0 Å². The molecular weight excluding hydrogens is 360 g/mol. The molecule has 0 atom stereocenters. The zero-order valence-electron chi connectivity index (χ0n) is 11.8. The first-order valence-electron chi connectivity index (χ1n) is 6.75. The fraction of sp³-hybridized carbons (Fsp3) is 0. The predicted molar refractivity (Wildman–Crippen MR) is 91.7 cm³/mol. The van der Waals surface area contributed by atoms with Gasteiger partial charge in [-0.25, -0.2) is 10.2 Å². The molecule has 114 valence electrons. The number of hydrogen-bond donors (Lipinski definition) is 1. The van der Waals surface area contributed by atoms with E-state index in [1.807, 2.05) is 24.3 Å². The fourth-order valence-corrected chi connectivity index (χ4v) is 2.45. The fourth-order valence-electron chi connectivity index (χ4n) is 2.03. The van der Waals surface area contributed by atoms with Gasteiger partial charge in [0.25, 0.3) is 5.91 Å². The minimum atomic E-state index is -0.696. The molecule has 0 radical (unpaired) electrons. The van der Waals surface area contributed by atoms with E-state index in [9.17, 15) is 9.59 Å². The highest BCUT2D eigenvalue weighted by Crippen LogP contribution is 2.12. The molecule has 1 heterocycles. The van der Waals surface area contributed by atoms with Crippen molar-refractivity contribution in [3.63, 3.8) is 0 Å². The van der Waals surface area contributed by atoms with Crippen LogP contribution in [0.25, 0.3) is 11.0 Å². The molecular formula is C17H11BrN2O3. The lowest BCUT2D eigenvalue weighted by atomic mass is 10.2. The number of halogens is 1. The van der Waals surface area contributed by atoms with Crippen LogP contribution in [0, 0.1) is 0 Å². The molecule has 0 saturated heterocycles. The number of carbonyl (C=O) groups is 1. The van der Waals surface area contributed by atoms with Gasteiger partial charge < -0.3 is 4.42 Å². The number of para-hydroxylation sites is 1. The van der Waals surface area contributed by atoms with Crippen LogP contribution in [-0.4, -0.2) is 12.1 Å². The molecule has 1 aromatic heterocycles. The maximum absolute atomic E-state index is 12.1. The number of fused-ring (bicyclic) bond motifs is 1. The summed E-state index contributed by atoms with van der Waals surface area (Å²) >= 11 is 3.35. The molecule has 0 aliphatic heterocycles. The van der Waals surface area contributed by atoms with Crippen LogP contribution in [-0.2, 0) is 0 Å². The Bertz CT molecular complexity index is 963. The first kappa shape index (κ1) is 15.2. The maximum atomic E-state index is 12.1. The van der Waals surface area contributed by atoms with Crippen molar-refractivity contribution in [3.05, 3.63) is 80.6 Å². The Balaban J connectivity index is 1.81. The molecule has 6 heteroatoms. The minimum absolute atomic E-state index is 0.0879. The van der Waals surface area contributed by atoms with Crippen LogP contribution in [0.3, 0.4) is 0 Å². The number of nitrogens with one attached hydrogen (secondary N) is 1. The lowest BCUT2D eigenvalue weighted by Gasteiger charge is -2.01. The summed E-state index contributed by atoms with van der Waals surface area (Å²) in [4.78, 5) is 23.9. The summed E-state index contributed by atoms with van der Waals surface area (Å²) in [6.07, 6.45) is 1.49. The molecule has 0 saturated carbocycles. The topological polar surface area (TPSA) is 71.7 Å². The van der Waals surface area contributed by atoms with Crippen LogP contribution in [0.1, 0.15) is 15.9 Å². The smallest absolute Gasteiger partial charge is 0.349 e. The SMILES string of the molecule is O=C(N/N=C/c1cccc(Br)c1)c1cc2ccccc2oc1=O. The van der Waals surface area contributed by atoms with Crippen molar-refractivity contribution in [1.29, 1.82) is 0 Å². The molecule has 3 rings (SSSR count). The summed E-state index contributed by atoms with van der Waals surface area (Å²) in [6.45, 7) is 0. The standard InChI is InChI=1S/C17H11BrN2O3/c18-13-6-3-4-11(8-13)10-19-20-16(21)14-9-12-5-1-2-7-15(12)23-17(14)22/h1-10H,(H,20,21)/b19-10+. The third kappa shape index (κ3) is 3.54. The summed E-state index contributed by atoms with van der Waals surface area (Å²) in [5, 5.41) is 4.53. The van der Waals surface area contributed by atoms with Gasteiger partial charge in [0.1, 0.15) is 11.1 Å². The van der Waals surface area contributed by atoms with Gasteiger partial charge in [-0.3, -0.25) is 4.79 Å². The van der Waals surface area contributed by atoms with Crippen molar-refractivity contribution >= 4 is 39.0 Å². The summed E-state index contributed by atoms with van der Waals surface area (Å²) in [7, 11) is 0. The molecule has 0 aliphatic rings. The average molecular weight is 371 g/mol. The van der Waals surface area contributed by atoms with E-state index in [2.05, 4.69) is 26.5 Å². The zero-order chi connectivity index (χ0) is 16.2. The molecule has 1 N–H and O–H groups in total. The average Bonchev–Trinajstić information content (AvgIpc) is 2.54. The summed E-state index contributed by atoms with van der Waals surface area (Å²) in [5.74, 6) is -0.615. The van der Waals surface area contributed by atoms with Crippen molar-refractivity contribution < 1.29 is 9.21 Å². The highest BCUT2D eigenvalue weighted by Gasteiger charge is 2.12. The van der Waals surface area contributed by atoms with E-state index in [-0.39, 0.29) is 5.56 Å². The van der Waals surface area contributed by atoms with Crippen molar-refractivity contribution in [1.82, 2.24) is 5.43 Å². The zero-order valence-corrected chi connectivity index (χ0v) is 13.4. The molecule has 1 amide bonds. The Morgan fingerprint density at radius 3 is 2.78 bits per heavy atom. The summed E-state index contributed by atoms with van der Waals surface area (Å²) < 4.78 is 6.03. The van der Waals surface area contributed by atoms with Gasteiger partial charge in [-0.2, -0.15) is 5.10 Å². The van der Waals surface area contributed by atoms with E-state index >= 15 is 0 Å². The molecule has 0 bridgehead atoms. The Morgan fingerprint density at radius 1 is 1.13 bits per heavy atom. The Kier molecular flexibility index (Phi) is 4.34. The molecule has 0 spiro atoms. The Hall–Kier alpha value is -2.73. The van der Waals surface area contributed by atoms with Crippen LogP contribution in [0.15, 0.2) is 73.4 Å². The highest BCUT2D eigenvalue weighted by atomic mass is 79.9. The number of hydrazone groups is 1. The lowest BCUT2D eigenvalue weighted by molar-refractivity contribution is 0.0951. The minimum Gasteiger partial charge on any atom is -0.422 e. The summed E-state index contributed by atoms with van der Waals surface area (Å²) in [6, 6.07) is 15.9. The normalized spacial score (nSPS) is 11.0. The molecule has 0 unspecified atom stereocenters. The van der Waals surface area contributed by atoms with Gasteiger partial charge in [0.05, 0.1) is 6.21 Å². The van der Waals surface area contributed by atoms with Gasteiger partial charge in [0.15, 0.2) is 0 Å². The number of hydrogen-bond acceptors (Lipinski definition) is 4. The second-order valence-electron chi connectivity index (χ2n) is 4.74. The van der Waals surface area contributed by atoms with Gasteiger partial charge >= 0.3 is 5.63 Å². The highest BCUT2D eigenvalue weighted by molar-refractivity contribution is 9.10. The van der Waals surface area contributed by atoms with E-state index in [1.54, 1.807) is 24.3 Å².